The van der Waals surface area contributed by atoms with E-state index in [1.807, 2.05) is 9.80 Å². The van der Waals surface area contributed by atoms with Crippen LogP contribution in [0.3, 0.4) is 0 Å². The summed E-state index contributed by atoms with van der Waals surface area (Å²) in [5, 5.41) is 0. The van der Waals surface area contributed by atoms with Crippen LogP contribution in [0.2, 0.25) is 0 Å². The normalized spacial score (nSPS) is 23.6. The summed E-state index contributed by atoms with van der Waals surface area (Å²) in [6.45, 7) is 2.11. The van der Waals surface area contributed by atoms with Gasteiger partial charge in [-0.1, -0.05) is 0 Å². The molecular formula is C26H28N4O6. The molecule has 2 aromatic rings. The van der Waals surface area contributed by atoms with Gasteiger partial charge in [-0.15, -0.1) is 0 Å². The van der Waals surface area contributed by atoms with E-state index in [1.54, 1.807) is 62.8 Å². The minimum atomic E-state index is -0.529. The summed E-state index contributed by atoms with van der Waals surface area (Å²) in [5.74, 6) is 0.355. The molecule has 2 aromatic carbocycles. The van der Waals surface area contributed by atoms with Gasteiger partial charge in [-0.2, -0.15) is 0 Å². The number of benzene rings is 2. The molecule has 0 spiro atoms. The maximum atomic E-state index is 13.2. The smallest absolute Gasteiger partial charge is 0.251 e. The van der Waals surface area contributed by atoms with Crippen LogP contribution in [0.5, 0.6) is 11.5 Å². The van der Waals surface area contributed by atoms with E-state index in [-0.39, 0.29) is 36.5 Å². The van der Waals surface area contributed by atoms with Crippen molar-refractivity contribution in [3.05, 3.63) is 48.5 Å². The molecule has 4 amide bonds. The number of imide groups is 2. The van der Waals surface area contributed by atoms with E-state index < -0.39 is 12.1 Å². The van der Waals surface area contributed by atoms with Gasteiger partial charge >= 0.3 is 0 Å². The van der Waals surface area contributed by atoms with Crippen LogP contribution < -0.4 is 19.3 Å². The summed E-state index contributed by atoms with van der Waals surface area (Å²) in [5.41, 5.74) is 1.06. The van der Waals surface area contributed by atoms with Gasteiger partial charge in [0, 0.05) is 26.2 Å². The second-order valence-electron chi connectivity index (χ2n) is 9.04. The van der Waals surface area contributed by atoms with Crippen LogP contribution >= 0.6 is 0 Å². The largest absolute Gasteiger partial charge is 0.497 e. The minimum Gasteiger partial charge on any atom is -0.497 e. The Bertz CT molecular complexity index is 1080. The van der Waals surface area contributed by atoms with Gasteiger partial charge in [0.2, 0.25) is 11.8 Å². The number of carbonyl (C=O) groups is 4. The van der Waals surface area contributed by atoms with E-state index in [2.05, 4.69) is 0 Å². The Balaban J connectivity index is 1.21. The highest BCUT2D eigenvalue weighted by atomic mass is 16.5. The van der Waals surface area contributed by atoms with Crippen molar-refractivity contribution in [2.24, 2.45) is 0 Å². The summed E-state index contributed by atoms with van der Waals surface area (Å²) in [6, 6.07) is 12.6. The Morgan fingerprint density at radius 1 is 0.583 bits per heavy atom. The van der Waals surface area contributed by atoms with E-state index >= 15 is 0 Å². The molecule has 2 atom stereocenters. The number of methoxy groups -OCH3 is 2. The topological polar surface area (TPSA) is 99.7 Å². The van der Waals surface area contributed by atoms with Gasteiger partial charge in [0.05, 0.1) is 50.5 Å². The predicted molar refractivity (Wildman–Crippen MR) is 131 cm³/mol. The van der Waals surface area contributed by atoms with Crippen molar-refractivity contribution in [2.75, 3.05) is 50.2 Å². The fourth-order valence-corrected chi connectivity index (χ4v) is 5.17. The fourth-order valence-electron chi connectivity index (χ4n) is 5.17. The first-order valence-corrected chi connectivity index (χ1v) is 11.9. The van der Waals surface area contributed by atoms with Gasteiger partial charge in [-0.25, -0.2) is 9.80 Å². The molecule has 3 saturated heterocycles. The molecule has 3 aliphatic heterocycles. The van der Waals surface area contributed by atoms with Crippen molar-refractivity contribution in [1.82, 2.24) is 9.80 Å². The van der Waals surface area contributed by atoms with Gasteiger partial charge in [-0.3, -0.25) is 29.0 Å². The number of hydrogen-bond acceptors (Lipinski definition) is 8. The lowest BCUT2D eigenvalue weighted by Crippen LogP contribution is -2.56. The Kier molecular flexibility index (Phi) is 6.46. The van der Waals surface area contributed by atoms with E-state index in [4.69, 9.17) is 9.47 Å². The standard InChI is InChI=1S/C26H28N4O6/c1-35-19-7-3-17(4-8-19)29-23(31)15-21(25(29)33)27-11-13-28(14-12-27)22-16-24(32)30(26(22)34)18-5-9-20(36-2)10-6-18/h3-10,21-22H,11-16H2,1-2H3/t21-,22+. The van der Waals surface area contributed by atoms with Gasteiger partial charge < -0.3 is 9.47 Å². The number of amides is 4. The molecule has 3 heterocycles. The first kappa shape index (κ1) is 24.0. The monoisotopic (exact) mass is 492 g/mol. The Morgan fingerprint density at radius 3 is 1.22 bits per heavy atom. The van der Waals surface area contributed by atoms with Crippen LogP contribution in [-0.4, -0.2) is 85.9 Å². The number of anilines is 2. The molecule has 0 radical (unpaired) electrons. The highest BCUT2D eigenvalue weighted by molar-refractivity contribution is 6.23. The molecular weight excluding hydrogens is 464 g/mol. The maximum absolute atomic E-state index is 13.2. The summed E-state index contributed by atoms with van der Waals surface area (Å²) < 4.78 is 10.3. The fraction of sp³-hybridized carbons (Fsp3) is 0.385. The average molecular weight is 493 g/mol. The molecule has 3 fully saturated rings. The van der Waals surface area contributed by atoms with Crippen molar-refractivity contribution >= 4 is 35.0 Å². The highest BCUT2D eigenvalue weighted by Gasteiger charge is 2.46. The summed E-state index contributed by atoms with van der Waals surface area (Å²) in [7, 11) is 3.12. The third-order valence-electron chi connectivity index (χ3n) is 7.14. The van der Waals surface area contributed by atoms with Crippen molar-refractivity contribution < 1.29 is 28.7 Å². The Hall–Kier alpha value is -3.76. The molecule has 0 unspecified atom stereocenters. The molecule has 0 bridgehead atoms. The number of nitrogens with zero attached hydrogens (tertiary/aromatic N) is 4. The number of ether oxygens (including phenoxy) is 2. The van der Waals surface area contributed by atoms with E-state index in [0.717, 1.165) is 0 Å². The van der Waals surface area contributed by atoms with Gasteiger partial charge in [-0.05, 0) is 48.5 Å². The maximum Gasteiger partial charge on any atom is 0.251 e. The zero-order valence-corrected chi connectivity index (χ0v) is 20.3. The zero-order valence-electron chi connectivity index (χ0n) is 20.3. The summed E-state index contributed by atoms with van der Waals surface area (Å²) in [4.78, 5) is 58.2. The van der Waals surface area contributed by atoms with Crippen LogP contribution in [0.1, 0.15) is 12.8 Å². The zero-order chi connectivity index (χ0) is 25.4. The molecule has 10 heteroatoms. The molecule has 0 aliphatic carbocycles. The third kappa shape index (κ3) is 4.22. The van der Waals surface area contributed by atoms with E-state index in [0.29, 0.717) is 49.1 Å². The SMILES string of the molecule is COc1ccc(N2C(=O)C[C@@H](N3CCN([C@H]4CC(=O)N(c5ccc(OC)cc5)C4=O)CC3)C2=O)cc1. The number of rotatable bonds is 6. The molecule has 36 heavy (non-hydrogen) atoms. The van der Waals surface area contributed by atoms with Gasteiger partial charge in [0.25, 0.3) is 11.8 Å². The molecule has 188 valence electrons. The van der Waals surface area contributed by atoms with Crippen LogP contribution in [0.4, 0.5) is 11.4 Å². The van der Waals surface area contributed by atoms with Crippen LogP contribution in [0, 0.1) is 0 Å². The molecule has 0 aromatic heterocycles. The summed E-state index contributed by atoms with van der Waals surface area (Å²) >= 11 is 0. The summed E-state index contributed by atoms with van der Waals surface area (Å²) in [6.07, 6.45) is 0.244. The van der Waals surface area contributed by atoms with Gasteiger partial charge in [0.15, 0.2) is 0 Å². The molecule has 0 N–H and O–H groups in total. The first-order chi connectivity index (χ1) is 17.4. The average Bonchev–Trinajstić information content (AvgIpc) is 3.38. The second-order valence-corrected chi connectivity index (χ2v) is 9.04. The molecule has 3 aliphatic rings. The van der Waals surface area contributed by atoms with Crippen LogP contribution in [0.25, 0.3) is 0 Å². The van der Waals surface area contributed by atoms with Crippen molar-refractivity contribution in [3.8, 4) is 11.5 Å². The number of hydrogen-bond donors (Lipinski definition) is 0. The van der Waals surface area contributed by atoms with Crippen LogP contribution in [-0.2, 0) is 19.2 Å². The molecule has 5 rings (SSSR count). The molecule has 10 nitrogen and oxygen atoms in total. The lowest BCUT2D eigenvalue weighted by atomic mass is 10.1. The predicted octanol–water partition coefficient (Wildman–Crippen LogP) is 1.29. The van der Waals surface area contributed by atoms with Crippen molar-refractivity contribution in [2.45, 2.75) is 24.9 Å². The van der Waals surface area contributed by atoms with Crippen molar-refractivity contribution in [1.29, 1.82) is 0 Å². The number of carbonyl (C=O) groups excluding carboxylic acids is 4. The van der Waals surface area contributed by atoms with Crippen molar-refractivity contribution in [3.63, 3.8) is 0 Å². The third-order valence-corrected chi connectivity index (χ3v) is 7.14. The number of piperazine rings is 1. The Labute approximate surface area is 208 Å². The lowest BCUT2D eigenvalue weighted by Gasteiger charge is -2.38. The quantitative estimate of drug-likeness (QED) is 0.557. The highest BCUT2D eigenvalue weighted by Crippen LogP contribution is 2.30. The lowest BCUT2D eigenvalue weighted by molar-refractivity contribution is -0.126. The minimum absolute atomic E-state index is 0.122. The Morgan fingerprint density at radius 2 is 0.917 bits per heavy atom. The van der Waals surface area contributed by atoms with E-state index in [1.165, 1.54) is 9.80 Å². The van der Waals surface area contributed by atoms with Gasteiger partial charge in [0.1, 0.15) is 11.5 Å². The van der Waals surface area contributed by atoms with E-state index in [9.17, 15) is 19.2 Å². The molecule has 0 saturated carbocycles. The first-order valence-electron chi connectivity index (χ1n) is 11.9. The van der Waals surface area contributed by atoms with Crippen LogP contribution in [0.15, 0.2) is 48.5 Å². The second kappa shape index (κ2) is 9.71.